The lowest BCUT2D eigenvalue weighted by Crippen LogP contribution is -2.44. The first-order chi connectivity index (χ1) is 22.2. The highest BCUT2D eigenvalue weighted by Gasteiger charge is 2.16. The van der Waals surface area contributed by atoms with E-state index >= 15 is 0 Å². The Morgan fingerprint density at radius 1 is 0.500 bits per heavy atom. The molecule has 1 aliphatic rings. The first kappa shape index (κ1) is 48.0. The summed E-state index contributed by atoms with van der Waals surface area (Å²) in [7, 11) is 0. The molecule has 0 spiro atoms. The lowest BCUT2D eigenvalue weighted by Gasteiger charge is -2.32. The van der Waals surface area contributed by atoms with Crippen molar-refractivity contribution >= 4 is 0 Å². The third kappa shape index (κ3) is 31.1. The van der Waals surface area contributed by atoms with Crippen molar-refractivity contribution in [2.75, 3.05) is 78.5 Å². The molecule has 1 aliphatic heterocycles. The Kier molecular flexibility index (Phi) is 36.2. The van der Waals surface area contributed by atoms with Gasteiger partial charge >= 0.3 is 0 Å². The second kappa shape index (κ2) is 34.7. The van der Waals surface area contributed by atoms with Crippen LogP contribution >= 0.6 is 0 Å². The van der Waals surface area contributed by atoms with E-state index in [2.05, 4.69) is 75.0 Å². The van der Waals surface area contributed by atoms with Gasteiger partial charge in [0.05, 0.1) is 0 Å². The average Bonchev–Trinajstić information content (AvgIpc) is 3.13. The van der Waals surface area contributed by atoms with Crippen LogP contribution in [0.25, 0.3) is 0 Å². The predicted octanol–water partition coefficient (Wildman–Crippen LogP) is 11.3. The Morgan fingerprint density at radius 2 is 0.891 bits per heavy atom. The second-order valence-corrected chi connectivity index (χ2v) is 15.4. The van der Waals surface area contributed by atoms with E-state index in [1.54, 1.807) is 0 Å². The molecule has 1 fully saturated rings. The van der Waals surface area contributed by atoms with Crippen LogP contribution in [0.5, 0.6) is 0 Å². The molecule has 280 valence electrons. The van der Waals surface area contributed by atoms with Crippen LogP contribution in [0.3, 0.4) is 0 Å². The van der Waals surface area contributed by atoms with Gasteiger partial charge in [-0.15, -0.1) is 0 Å². The fourth-order valence-electron chi connectivity index (χ4n) is 6.58. The molecule has 0 radical (unpaired) electrons. The largest absolute Gasteiger partial charge is 0.302 e. The van der Waals surface area contributed by atoms with Crippen molar-refractivity contribution in [1.82, 2.24) is 19.6 Å². The lowest BCUT2D eigenvalue weighted by molar-refractivity contribution is 0.149. The maximum absolute atomic E-state index is 2.86. The SMILES string of the molecule is CC.CC.CCCCCN(CCCC(C)C)CCN(CCN(CCCC(C)C)CCCC(C)C)CCN1CCCCC(C)CCC1. The zero-order valence-electron chi connectivity index (χ0n) is 34.5. The molecule has 0 aliphatic carbocycles. The van der Waals surface area contributed by atoms with Crippen LogP contribution in [0.1, 0.15) is 173 Å². The van der Waals surface area contributed by atoms with Crippen LogP contribution in [0.15, 0.2) is 0 Å². The first-order valence-electron chi connectivity index (χ1n) is 21.1. The topological polar surface area (TPSA) is 13.0 Å². The molecular formula is C42H92N4. The molecule has 1 rings (SSSR count). The predicted molar refractivity (Wildman–Crippen MR) is 212 cm³/mol. The van der Waals surface area contributed by atoms with Gasteiger partial charge < -0.3 is 14.7 Å². The minimum Gasteiger partial charge on any atom is -0.302 e. The van der Waals surface area contributed by atoms with Gasteiger partial charge in [0, 0.05) is 39.3 Å². The van der Waals surface area contributed by atoms with Crippen molar-refractivity contribution in [1.29, 1.82) is 0 Å². The van der Waals surface area contributed by atoms with E-state index in [4.69, 9.17) is 0 Å². The summed E-state index contributed by atoms with van der Waals surface area (Å²) in [6.45, 7) is 42.4. The number of hydrogen-bond donors (Lipinski definition) is 0. The standard InChI is InChI=1S/C38H80N4.2C2H6/c1-9-10-12-23-39(25-14-18-35(2)3)29-32-42(33-30-40-24-13-11-21-38(8)22-17-28-40)34-31-41(26-15-19-36(4)5)27-16-20-37(6)7;2*1-2/h35-38H,9-34H2,1-8H3;2*1-2H3. The van der Waals surface area contributed by atoms with Gasteiger partial charge in [-0.25, -0.2) is 0 Å². The zero-order chi connectivity index (χ0) is 35.0. The molecule has 1 heterocycles. The minimum absolute atomic E-state index is 0.818. The summed E-state index contributed by atoms with van der Waals surface area (Å²) in [5.74, 6) is 3.38. The molecule has 46 heavy (non-hydrogen) atoms. The fraction of sp³-hybridized carbons (Fsp3) is 1.00. The maximum atomic E-state index is 2.86. The first-order valence-corrected chi connectivity index (χ1v) is 21.1. The van der Waals surface area contributed by atoms with Gasteiger partial charge in [-0.3, -0.25) is 4.90 Å². The molecule has 0 saturated carbocycles. The molecule has 0 amide bonds. The summed E-state index contributed by atoms with van der Waals surface area (Å²) in [6, 6.07) is 0. The summed E-state index contributed by atoms with van der Waals surface area (Å²) >= 11 is 0. The number of unbranched alkanes of at least 4 members (excludes halogenated alkanes) is 2. The molecule has 0 bridgehead atoms. The number of nitrogens with zero attached hydrogens (tertiary/aromatic N) is 4. The second-order valence-electron chi connectivity index (χ2n) is 15.4. The van der Waals surface area contributed by atoms with Crippen molar-refractivity contribution in [2.24, 2.45) is 23.7 Å². The van der Waals surface area contributed by atoms with Gasteiger partial charge in [-0.1, -0.05) is 109 Å². The summed E-state index contributed by atoms with van der Waals surface area (Å²) < 4.78 is 0. The Morgan fingerprint density at radius 3 is 1.33 bits per heavy atom. The number of hydrogen-bond acceptors (Lipinski definition) is 4. The summed E-state index contributed by atoms with van der Waals surface area (Å²) in [5, 5.41) is 0. The maximum Gasteiger partial charge on any atom is 0.0110 e. The molecule has 4 nitrogen and oxygen atoms in total. The van der Waals surface area contributed by atoms with E-state index in [0.717, 1.165) is 23.7 Å². The van der Waals surface area contributed by atoms with Crippen LogP contribution in [-0.4, -0.2) is 98.1 Å². The van der Waals surface area contributed by atoms with Crippen molar-refractivity contribution in [2.45, 2.75) is 173 Å². The molecule has 1 saturated heterocycles. The summed E-state index contributed by atoms with van der Waals surface area (Å²) in [5.41, 5.74) is 0. The highest BCUT2D eigenvalue weighted by Crippen LogP contribution is 2.17. The Labute approximate surface area is 294 Å². The molecule has 0 N–H and O–H groups in total. The van der Waals surface area contributed by atoms with E-state index < -0.39 is 0 Å². The molecular weight excluding hydrogens is 560 g/mol. The normalized spacial score (nSPS) is 16.4. The van der Waals surface area contributed by atoms with E-state index in [-0.39, 0.29) is 0 Å². The van der Waals surface area contributed by atoms with E-state index in [0.29, 0.717) is 0 Å². The van der Waals surface area contributed by atoms with Crippen LogP contribution < -0.4 is 0 Å². The van der Waals surface area contributed by atoms with Gasteiger partial charge in [-0.2, -0.15) is 0 Å². The average molecular weight is 653 g/mol. The lowest BCUT2D eigenvalue weighted by atomic mass is 10.00. The van der Waals surface area contributed by atoms with Gasteiger partial charge in [0.2, 0.25) is 0 Å². The molecule has 0 aromatic carbocycles. The smallest absolute Gasteiger partial charge is 0.0110 e. The highest BCUT2D eigenvalue weighted by molar-refractivity contribution is 4.72. The quantitative estimate of drug-likeness (QED) is 0.0910. The van der Waals surface area contributed by atoms with Crippen LogP contribution in [0, 0.1) is 23.7 Å². The highest BCUT2D eigenvalue weighted by atomic mass is 15.2. The van der Waals surface area contributed by atoms with Crippen LogP contribution in [-0.2, 0) is 0 Å². The summed E-state index contributed by atoms with van der Waals surface area (Å²) in [6.07, 6.45) is 19.3. The van der Waals surface area contributed by atoms with Crippen LogP contribution in [0.4, 0.5) is 0 Å². The van der Waals surface area contributed by atoms with Crippen molar-refractivity contribution < 1.29 is 0 Å². The van der Waals surface area contributed by atoms with Crippen molar-refractivity contribution in [3.63, 3.8) is 0 Å². The molecule has 1 unspecified atom stereocenters. The minimum atomic E-state index is 0.818. The van der Waals surface area contributed by atoms with Crippen LogP contribution in [0.2, 0.25) is 0 Å². The van der Waals surface area contributed by atoms with Crippen molar-refractivity contribution in [3.05, 3.63) is 0 Å². The third-order valence-electron chi connectivity index (χ3n) is 9.64. The Hall–Kier alpha value is -0.160. The van der Waals surface area contributed by atoms with E-state index in [1.807, 2.05) is 27.7 Å². The fourth-order valence-corrected chi connectivity index (χ4v) is 6.58. The molecule has 4 heteroatoms. The Bertz CT molecular complexity index is 564. The van der Waals surface area contributed by atoms with Gasteiger partial charge in [0.1, 0.15) is 0 Å². The zero-order valence-corrected chi connectivity index (χ0v) is 34.5. The molecule has 1 atom stereocenters. The van der Waals surface area contributed by atoms with Gasteiger partial charge in [0.25, 0.3) is 0 Å². The molecule has 0 aromatic heterocycles. The van der Waals surface area contributed by atoms with Gasteiger partial charge in [0.15, 0.2) is 0 Å². The molecule has 0 aromatic rings. The summed E-state index contributed by atoms with van der Waals surface area (Å²) in [4.78, 5) is 11.3. The Balaban J connectivity index is 0. The van der Waals surface area contributed by atoms with Crippen molar-refractivity contribution in [3.8, 4) is 0 Å². The van der Waals surface area contributed by atoms with E-state index in [9.17, 15) is 0 Å². The van der Waals surface area contributed by atoms with E-state index in [1.165, 1.54) is 168 Å². The number of rotatable bonds is 25. The van der Waals surface area contributed by atoms with Gasteiger partial charge in [-0.05, 0) is 127 Å². The monoisotopic (exact) mass is 653 g/mol. The third-order valence-corrected chi connectivity index (χ3v) is 9.64.